The Morgan fingerprint density at radius 1 is 1.11 bits per heavy atom. The maximum absolute atomic E-state index is 8.76. The lowest BCUT2D eigenvalue weighted by atomic mass is 10.2. The molecule has 5 aromatic rings. The highest BCUT2D eigenvalue weighted by Crippen LogP contribution is 2.24. The predicted molar refractivity (Wildman–Crippen MR) is 139 cm³/mol. The van der Waals surface area contributed by atoms with Crippen molar-refractivity contribution in [1.82, 2.24) is 34.3 Å². The van der Waals surface area contributed by atoms with Crippen LogP contribution in [0.2, 0.25) is 0 Å². The minimum Gasteiger partial charge on any atom is -0.491 e. The topological polar surface area (TPSA) is 125 Å². The number of nitrogen functional groups attached to an aromatic ring is 1. The van der Waals surface area contributed by atoms with E-state index in [-0.39, 0.29) is 66.9 Å². The third-order valence-corrected chi connectivity index (χ3v) is 5.70. The summed E-state index contributed by atoms with van der Waals surface area (Å²) in [5.74, 6) is 0.637. The molecule has 0 unspecified atom stereocenters. The number of methoxy groups -OCH3 is 1. The van der Waals surface area contributed by atoms with E-state index in [9.17, 15) is 0 Å². The molecule has 1 aromatic carbocycles. The molecule has 2 N–H and O–H groups in total. The second-order valence-corrected chi connectivity index (χ2v) is 8.02. The minimum absolute atomic E-state index is 0.0141. The number of furan rings is 1. The van der Waals surface area contributed by atoms with Crippen molar-refractivity contribution in [2.75, 3.05) is 63.5 Å². The number of rotatable bonds is 9. The molecule has 1 saturated heterocycles. The molecule has 192 valence electrons. The number of anilines is 2. The molecule has 0 bridgehead atoms. The molecule has 1 aliphatic rings. The average molecular weight is 513 g/mol. The lowest BCUT2D eigenvalue weighted by Crippen LogP contribution is -2.47. The van der Waals surface area contributed by atoms with E-state index in [0.29, 0.717) is 11.1 Å². The van der Waals surface area contributed by atoms with Gasteiger partial charge >= 0.3 is 0 Å². The zero-order chi connectivity index (χ0) is 33.2. The van der Waals surface area contributed by atoms with Gasteiger partial charge < -0.3 is 24.5 Å². The number of aromatic nitrogens is 6. The summed E-state index contributed by atoms with van der Waals surface area (Å²) in [6.45, 7) is -9.97. The molecule has 0 saturated carbocycles. The Kier molecular flexibility index (Phi) is 4.13. The van der Waals surface area contributed by atoms with E-state index >= 15 is 0 Å². The van der Waals surface area contributed by atoms with Crippen molar-refractivity contribution in [1.29, 1.82) is 0 Å². The maximum atomic E-state index is 8.76. The van der Waals surface area contributed by atoms with Crippen LogP contribution in [0.5, 0.6) is 5.75 Å². The van der Waals surface area contributed by atoms with Gasteiger partial charge in [0.2, 0.25) is 11.8 Å². The van der Waals surface area contributed by atoms with Crippen LogP contribution in [0, 0.1) is 0 Å². The molecular weight excluding hydrogens is 474 g/mol. The van der Waals surface area contributed by atoms with Gasteiger partial charge in [0.1, 0.15) is 12.3 Å². The number of fused-ring (bicyclic) bond motifs is 3. The van der Waals surface area contributed by atoms with Gasteiger partial charge in [-0.1, -0.05) is 0 Å². The Hall–Kier alpha value is -4.16. The number of benzene rings is 1. The maximum Gasteiger partial charge on any atom is 0.225 e. The Morgan fingerprint density at radius 2 is 1.95 bits per heavy atom. The summed E-state index contributed by atoms with van der Waals surface area (Å²) in [6, 6.07) is 8.75. The highest BCUT2D eigenvalue weighted by Gasteiger charge is 2.20. The SMILES string of the molecule is [2H]c1nn(CCN2CC([2H])([2H])N(c3ccc(OC([2H])([2H])C([2H])([2H])OC)cc3)C([2H])([2H])C2)c2nc(N)n3nc(-c4ccco4)nc3c12. The summed E-state index contributed by atoms with van der Waals surface area (Å²) in [6.07, 6.45) is 1.37. The zero-order valence-electron chi connectivity index (χ0n) is 28.7. The van der Waals surface area contributed by atoms with Gasteiger partial charge in [0, 0.05) is 45.4 Å². The fourth-order valence-corrected chi connectivity index (χ4v) is 3.87. The van der Waals surface area contributed by atoms with E-state index in [1.807, 2.05) is 0 Å². The second-order valence-electron chi connectivity index (χ2n) is 8.02. The lowest BCUT2D eigenvalue weighted by Gasteiger charge is -2.36. The molecule has 1 aliphatic heterocycles. The van der Waals surface area contributed by atoms with Gasteiger partial charge in [-0.15, -0.1) is 5.10 Å². The summed E-state index contributed by atoms with van der Waals surface area (Å²) >= 11 is 0. The Labute approximate surface area is 225 Å². The lowest BCUT2D eigenvalue weighted by molar-refractivity contribution is 0.146. The van der Waals surface area contributed by atoms with Crippen molar-refractivity contribution in [3.8, 4) is 17.3 Å². The van der Waals surface area contributed by atoms with Crippen molar-refractivity contribution < 1.29 is 26.2 Å². The summed E-state index contributed by atoms with van der Waals surface area (Å²) < 4.78 is 92.4. The van der Waals surface area contributed by atoms with E-state index < -0.39 is 26.1 Å². The molecule has 6 rings (SSSR count). The first-order valence-electron chi connectivity index (χ1n) is 15.8. The van der Waals surface area contributed by atoms with Crippen molar-refractivity contribution in [2.24, 2.45) is 0 Å². The van der Waals surface area contributed by atoms with Crippen LogP contribution in [0.25, 0.3) is 28.3 Å². The number of nitrogens with zero attached hydrogens (tertiary/aromatic N) is 8. The molecule has 0 spiro atoms. The van der Waals surface area contributed by atoms with Crippen LogP contribution in [0.4, 0.5) is 11.6 Å². The monoisotopic (exact) mass is 512 g/mol. The third kappa shape index (κ3) is 4.68. The number of hydrogen-bond acceptors (Lipinski definition) is 10. The second kappa shape index (κ2) is 10.1. The van der Waals surface area contributed by atoms with Crippen LogP contribution in [-0.2, 0) is 11.3 Å². The van der Waals surface area contributed by atoms with Crippen LogP contribution < -0.4 is 15.4 Å². The quantitative estimate of drug-likeness (QED) is 0.314. The first-order valence-corrected chi connectivity index (χ1v) is 11.3. The summed E-state index contributed by atoms with van der Waals surface area (Å²) in [4.78, 5) is 11.5. The van der Waals surface area contributed by atoms with Crippen molar-refractivity contribution in [3.05, 3.63) is 48.8 Å². The van der Waals surface area contributed by atoms with Gasteiger partial charge in [-0.25, -0.2) is 9.67 Å². The van der Waals surface area contributed by atoms with E-state index in [0.717, 1.165) is 12.0 Å². The van der Waals surface area contributed by atoms with Crippen LogP contribution in [0.1, 0.15) is 12.3 Å². The van der Waals surface area contributed by atoms with Gasteiger partial charge in [0.25, 0.3) is 0 Å². The molecule has 5 heterocycles. The Bertz CT molecular complexity index is 1860. The zero-order valence-corrected chi connectivity index (χ0v) is 19.7. The van der Waals surface area contributed by atoms with Crippen molar-refractivity contribution >= 4 is 28.3 Å². The van der Waals surface area contributed by atoms with Gasteiger partial charge in [0.05, 0.1) is 43.3 Å². The number of nitrogens with two attached hydrogens (primary N) is 1. The Balaban J connectivity index is 1.20. The molecule has 37 heavy (non-hydrogen) atoms. The van der Waals surface area contributed by atoms with Gasteiger partial charge in [0.15, 0.2) is 17.1 Å². The fraction of sp³-hybridized carbons (Fsp3) is 0.360. The van der Waals surface area contributed by atoms with E-state index in [1.54, 1.807) is 17.0 Å². The summed E-state index contributed by atoms with van der Waals surface area (Å²) in [5.41, 5.74) is 6.90. The molecule has 0 atom stereocenters. The first kappa shape index (κ1) is 15.2. The molecule has 12 nitrogen and oxygen atoms in total. The highest BCUT2D eigenvalue weighted by atomic mass is 16.5. The standard InChI is InChI=1S/C25H29N9O3/c1-35-15-16-36-19-6-4-18(5-7-19)32-11-8-31(9-12-32)10-13-33-23-20(17-27-33)24-28-22(21-3-2-14-37-21)30-34(24)25(26)29-23/h2-7,14,17H,8-13,15-16H2,1H3,(H2,26,29)/i11D2,12D2,15D2,16D2,17D. The molecule has 1 fully saturated rings. The predicted octanol–water partition coefficient (Wildman–Crippen LogP) is 2.16. The van der Waals surface area contributed by atoms with E-state index in [2.05, 4.69) is 24.9 Å². The fourth-order valence-electron chi connectivity index (χ4n) is 3.87. The Morgan fingerprint density at radius 3 is 2.70 bits per heavy atom. The molecular formula is C25H29N9O3. The van der Waals surface area contributed by atoms with Gasteiger partial charge in [-0.3, -0.25) is 4.90 Å². The van der Waals surface area contributed by atoms with Crippen LogP contribution in [-0.4, -0.2) is 87.1 Å². The molecule has 4 aromatic heterocycles. The summed E-state index contributed by atoms with van der Waals surface area (Å²) in [7, 11) is 1.01. The normalized spacial score (nSPS) is 21.8. The van der Waals surface area contributed by atoms with Crippen molar-refractivity contribution in [3.63, 3.8) is 0 Å². The van der Waals surface area contributed by atoms with Crippen molar-refractivity contribution in [2.45, 2.75) is 6.54 Å². The summed E-state index contributed by atoms with van der Waals surface area (Å²) in [5, 5.41) is 8.94. The average Bonchev–Trinajstić information content (AvgIpc) is 3.71. The molecule has 0 amide bonds. The van der Waals surface area contributed by atoms with Gasteiger partial charge in [-0.2, -0.15) is 14.6 Å². The number of ether oxygens (including phenoxy) is 2. The van der Waals surface area contributed by atoms with E-state index in [1.165, 1.54) is 39.7 Å². The van der Waals surface area contributed by atoms with Crippen LogP contribution in [0.3, 0.4) is 0 Å². The van der Waals surface area contributed by atoms with Gasteiger partial charge in [-0.05, 0) is 36.4 Å². The highest BCUT2D eigenvalue weighted by molar-refractivity contribution is 5.90. The largest absolute Gasteiger partial charge is 0.491 e. The third-order valence-electron chi connectivity index (χ3n) is 5.70. The smallest absolute Gasteiger partial charge is 0.225 e. The first-order chi connectivity index (χ1) is 21.5. The van der Waals surface area contributed by atoms with Crippen LogP contribution >= 0.6 is 0 Å². The number of hydrogen-bond donors (Lipinski definition) is 1. The molecule has 0 radical (unpaired) electrons. The minimum atomic E-state index is -2.83. The molecule has 0 aliphatic carbocycles. The number of piperazine rings is 1. The van der Waals surface area contributed by atoms with E-state index in [4.69, 9.17) is 27.2 Å². The van der Waals surface area contributed by atoms with Crippen LogP contribution in [0.15, 0.2) is 53.3 Å². The molecule has 12 heteroatoms.